The van der Waals surface area contributed by atoms with Crippen molar-refractivity contribution >= 4 is 12.1 Å². The van der Waals surface area contributed by atoms with Crippen LogP contribution in [0.2, 0.25) is 0 Å². The maximum atomic E-state index is 10.5. The minimum absolute atomic E-state index is 0.0128. The first-order chi connectivity index (χ1) is 7.16. The first-order valence-electron chi connectivity index (χ1n) is 4.28. The van der Waals surface area contributed by atoms with E-state index in [0.29, 0.717) is 0 Å². The lowest BCUT2D eigenvalue weighted by Crippen LogP contribution is -2.14. The van der Waals surface area contributed by atoms with E-state index in [-0.39, 0.29) is 32.4 Å². The third kappa shape index (κ3) is 10.6. The van der Waals surface area contributed by atoms with E-state index < -0.39 is 12.9 Å². The van der Waals surface area contributed by atoms with Crippen LogP contribution in [-0.2, 0) is 23.7 Å². The number of aliphatic hydroxyl groups excluding tert-OH is 1. The predicted octanol–water partition coefficient (Wildman–Crippen LogP) is -0.331. The van der Waals surface area contributed by atoms with Crippen molar-refractivity contribution in [3.05, 3.63) is 0 Å². The average molecular weight is 222 g/mol. The van der Waals surface area contributed by atoms with E-state index in [1.54, 1.807) is 0 Å². The van der Waals surface area contributed by atoms with Crippen LogP contribution in [-0.4, -0.2) is 50.5 Å². The maximum absolute atomic E-state index is 10.5. The van der Waals surface area contributed by atoms with Crippen LogP contribution < -0.4 is 0 Å². The van der Waals surface area contributed by atoms with Gasteiger partial charge in [0.05, 0.1) is 13.2 Å². The second-order valence-corrected chi connectivity index (χ2v) is 2.32. The Hall–Kier alpha value is -1.34. The van der Waals surface area contributed by atoms with Gasteiger partial charge in [-0.15, -0.1) is 0 Å². The Bertz CT molecular complexity index is 191. The number of hydrogen-bond donors (Lipinski definition) is 1. The number of esters is 1. The summed E-state index contributed by atoms with van der Waals surface area (Å²) in [6.07, 6.45) is -0.957. The summed E-state index contributed by atoms with van der Waals surface area (Å²) in [5, 5.41) is 8.16. The van der Waals surface area contributed by atoms with Gasteiger partial charge in [-0.3, -0.25) is 4.79 Å². The Morgan fingerprint density at radius 2 is 1.60 bits per heavy atom. The number of carbonyl (C=O) groups is 2. The van der Waals surface area contributed by atoms with E-state index in [1.807, 2.05) is 0 Å². The molecule has 88 valence electrons. The predicted molar refractivity (Wildman–Crippen MR) is 47.0 cm³/mol. The molecule has 0 unspecified atom stereocenters. The molecule has 1 N–H and O–H groups in total. The van der Waals surface area contributed by atoms with Crippen molar-refractivity contribution < 1.29 is 33.6 Å². The first-order valence-corrected chi connectivity index (χ1v) is 4.28. The number of aliphatic hydroxyl groups is 1. The molecule has 0 aromatic carbocycles. The zero-order chi connectivity index (χ0) is 11.5. The number of hydrogen-bond acceptors (Lipinski definition) is 7. The molecule has 7 heteroatoms. The van der Waals surface area contributed by atoms with Crippen LogP contribution in [0.25, 0.3) is 0 Å². The van der Waals surface area contributed by atoms with Crippen LogP contribution in [0.5, 0.6) is 0 Å². The van der Waals surface area contributed by atoms with Crippen molar-refractivity contribution in [1.82, 2.24) is 0 Å². The molecule has 7 nitrogen and oxygen atoms in total. The molecule has 0 fully saturated rings. The second-order valence-electron chi connectivity index (χ2n) is 2.32. The molecule has 0 aliphatic heterocycles. The van der Waals surface area contributed by atoms with E-state index in [4.69, 9.17) is 9.84 Å². The van der Waals surface area contributed by atoms with Crippen molar-refractivity contribution in [1.29, 1.82) is 0 Å². The van der Waals surface area contributed by atoms with Crippen molar-refractivity contribution in [2.24, 2.45) is 0 Å². The van der Waals surface area contributed by atoms with Gasteiger partial charge < -0.3 is 24.1 Å². The number of ether oxygens (including phenoxy) is 4. The number of carbonyl (C=O) groups excluding carboxylic acids is 2. The topological polar surface area (TPSA) is 91.3 Å². The molecule has 0 aromatic heterocycles. The van der Waals surface area contributed by atoms with Gasteiger partial charge in [0.15, 0.2) is 6.79 Å². The molecule has 0 aromatic rings. The molecule has 0 atom stereocenters. The number of rotatable bonds is 7. The lowest BCUT2D eigenvalue weighted by atomic mass is 10.7. The van der Waals surface area contributed by atoms with Crippen LogP contribution in [0.1, 0.15) is 6.92 Å². The summed E-state index contributed by atoms with van der Waals surface area (Å²) in [7, 11) is 0. The standard InChI is InChI=1S/C8H14O7/c1-7(10)13-4-2-12-3-5-14-8(11)15-6-9/h9H,2-6H2,1H3. The van der Waals surface area contributed by atoms with Crippen LogP contribution in [0.15, 0.2) is 0 Å². The third-order valence-corrected chi connectivity index (χ3v) is 1.16. The smallest absolute Gasteiger partial charge is 0.463 e. The third-order valence-electron chi connectivity index (χ3n) is 1.16. The molecule has 0 spiro atoms. The average Bonchev–Trinajstić information content (AvgIpc) is 2.16. The Balaban J connectivity index is 3.11. The highest BCUT2D eigenvalue weighted by atomic mass is 16.8. The molecular weight excluding hydrogens is 208 g/mol. The summed E-state index contributed by atoms with van der Waals surface area (Å²) in [5.41, 5.74) is 0. The molecular formula is C8H14O7. The van der Waals surface area contributed by atoms with Crippen LogP contribution in [0.3, 0.4) is 0 Å². The van der Waals surface area contributed by atoms with Gasteiger partial charge in [0.2, 0.25) is 0 Å². The molecule has 0 saturated heterocycles. The largest absolute Gasteiger partial charge is 0.510 e. The maximum Gasteiger partial charge on any atom is 0.510 e. The highest BCUT2D eigenvalue weighted by Crippen LogP contribution is 1.85. The molecule has 0 bridgehead atoms. The highest BCUT2D eigenvalue weighted by molar-refractivity contribution is 5.65. The summed E-state index contributed by atoms with van der Waals surface area (Å²) in [6.45, 7) is 1.16. The van der Waals surface area contributed by atoms with E-state index in [1.165, 1.54) is 6.92 Å². The van der Waals surface area contributed by atoms with Gasteiger partial charge in [-0.1, -0.05) is 0 Å². The molecule has 0 heterocycles. The zero-order valence-corrected chi connectivity index (χ0v) is 8.43. The summed E-state index contributed by atoms with van der Waals surface area (Å²) < 4.78 is 18.0. The Labute approximate surface area is 86.9 Å². The van der Waals surface area contributed by atoms with Crippen molar-refractivity contribution in [2.45, 2.75) is 6.92 Å². The van der Waals surface area contributed by atoms with Crippen LogP contribution >= 0.6 is 0 Å². The first kappa shape index (κ1) is 13.7. The minimum Gasteiger partial charge on any atom is -0.463 e. The lowest BCUT2D eigenvalue weighted by Gasteiger charge is -2.05. The van der Waals surface area contributed by atoms with Gasteiger partial charge >= 0.3 is 12.1 Å². The van der Waals surface area contributed by atoms with Gasteiger partial charge in [0, 0.05) is 6.92 Å². The van der Waals surface area contributed by atoms with Crippen molar-refractivity contribution in [2.75, 3.05) is 33.2 Å². The fourth-order valence-electron chi connectivity index (χ4n) is 0.625. The van der Waals surface area contributed by atoms with Gasteiger partial charge in [-0.25, -0.2) is 4.79 Å². The summed E-state index contributed by atoms with van der Waals surface area (Å²) in [5.74, 6) is -0.374. The van der Waals surface area contributed by atoms with Gasteiger partial charge in [-0.2, -0.15) is 0 Å². The Morgan fingerprint density at radius 1 is 1.00 bits per heavy atom. The minimum atomic E-state index is -0.957. The summed E-state index contributed by atoms with van der Waals surface area (Å²) in [6, 6.07) is 0. The molecule has 0 radical (unpaired) electrons. The van der Waals surface area contributed by atoms with E-state index >= 15 is 0 Å². The van der Waals surface area contributed by atoms with Crippen molar-refractivity contribution in [3.63, 3.8) is 0 Å². The van der Waals surface area contributed by atoms with E-state index in [0.717, 1.165) is 0 Å². The Morgan fingerprint density at radius 3 is 2.13 bits per heavy atom. The quantitative estimate of drug-likeness (QED) is 0.358. The summed E-state index contributed by atoms with van der Waals surface area (Å²) in [4.78, 5) is 20.8. The van der Waals surface area contributed by atoms with Crippen LogP contribution in [0, 0.1) is 0 Å². The SMILES string of the molecule is CC(=O)OCCOCCOC(=O)OCO. The Kier molecular flexibility index (Phi) is 8.40. The monoisotopic (exact) mass is 222 g/mol. The lowest BCUT2D eigenvalue weighted by molar-refractivity contribution is -0.142. The normalized spacial score (nSPS) is 9.47. The van der Waals surface area contributed by atoms with E-state index in [2.05, 4.69) is 14.2 Å². The molecule has 15 heavy (non-hydrogen) atoms. The van der Waals surface area contributed by atoms with Crippen LogP contribution in [0.4, 0.5) is 4.79 Å². The molecule has 0 rings (SSSR count). The fraction of sp³-hybridized carbons (Fsp3) is 0.750. The molecule has 0 saturated carbocycles. The van der Waals surface area contributed by atoms with Crippen molar-refractivity contribution in [3.8, 4) is 0 Å². The van der Waals surface area contributed by atoms with E-state index in [9.17, 15) is 9.59 Å². The molecule has 0 amide bonds. The zero-order valence-electron chi connectivity index (χ0n) is 8.43. The second kappa shape index (κ2) is 9.22. The highest BCUT2D eigenvalue weighted by Gasteiger charge is 2.01. The van der Waals surface area contributed by atoms with Gasteiger partial charge in [0.25, 0.3) is 0 Å². The summed E-state index contributed by atoms with van der Waals surface area (Å²) >= 11 is 0. The van der Waals surface area contributed by atoms with Gasteiger partial charge in [0.1, 0.15) is 13.2 Å². The van der Waals surface area contributed by atoms with Gasteiger partial charge in [-0.05, 0) is 0 Å². The molecule has 0 aliphatic carbocycles. The molecule has 0 aliphatic rings. The fourth-order valence-corrected chi connectivity index (χ4v) is 0.625.